The number of carboxylic acid groups (broad SMARTS) is 1. The van der Waals surface area contributed by atoms with Crippen LogP contribution in [0, 0.1) is 16.6 Å². The first-order valence-corrected chi connectivity index (χ1v) is 15.9. The molecule has 1 amide bonds. The van der Waals surface area contributed by atoms with Crippen LogP contribution < -0.4 is 16.4 Å². The van der Waals surface area contributed by atoms with Crippen LogP contribution in [0.5, 0.6) is 0 Å². The van der Waals surface area contributed by atoms with Crippen LogP contribution in [0.25, 0.3) is 17.2 Å². The zero-order valence-corrected chi connectivity index (χ0v) is 27.1. The highest BCUT2D eigenvalue weighted by Crippen LogP contribution is 2.53. The van der Waals surface area contributed by atoms with Crippen molar-refractivity contribution in [1.82, 2.24) is 20.5 Å². The number of carboxylic acids is 1. The van der Waals surface area contributed by atoms with E-state index < -0.39 is 18.1 Å². The molecule has 0 bridgehead atoms. The number of Topliss-reactive ketones (excluding diaryl/α,β-unsaturated/α-hetero) is 1. The molecule has 1 aromatic carbocycles. The Hall–Kier alpha value is -4.85. The Morgan fingerprint density at radius 2 is 1.84 bits per heavy atom. The summed E-state index contributed by atoms with van der Waals surface area (Å²) >= 11 is 0. The van der Waals surface area contributed by atoms with Crippen molar-refractivity contribution in [3.8, 4) is 11.1 Å². The van der Waals surface area contributed by atoms with Gasteiger partial charge in [0.2, 0.25) is 0 Å². The van der Waals surface area contributed by atoms with E-state index in [9.17, 15) is 27.2 Å². The van der Waals surface area contributed by atoms with E-state index in [1.54, 1.807) is 12.3 Å². The molecule has 6 rings (SSSR count). The number of H-pyrrole nitrogens is 1. The Morgan fingerprint density at radius 3 is 2.45 bits per heavy atom. The second-order valence-corrected chi connectivity index (χ2v) is 13.5. The molecule has 0 saturated heterocycles. The Bertz CT molecular complexity index is 1790. The number of carbonyl (C=O) groups excluding carboxylic acids is 2. The number of aromatic nitrogens is 3. The number of pyridine rings is 1. The fourth-order valence-corrected chi connectivity index (χ4v) is 6.51. The molecule has 1 fully saturated rings. The first-order valence-electron chi connectivity index (χ1n) is 15.9. The molecule has 10 nitrogen and oxygen atoms in total. The van der Waals surface area contributed by atoms with Crippen molar-refractivity contribution in [3.05, 3.63) is 82.7 Å². The van der Waals surface area contributed by atoms with Gasteiger partial charge in [-0.3, -0.25) is 19.7 Å². The van der Waals surface area contributed by atoms with E-state index in [1.807, 2.05) is 44.2 Å². The van der Waals surface area contributed by atoms with Crippen molar-refractivity contribution in [2.24, 2.45) is 16.6 Å². The van der Waals surface area contributed by atoms with Gasteiger partial charge in [0, 0.05) is 47.5 Å². The summed E-state index contributed by atoms with van der Waals surface area (Å²) in [5, 5.41) is 21.0. The number of benzene rings is 1. The minimum Gasteiger partial charge on any atom is -0.475 e. The van der Waals surface area contributed by atoms with Crippen molar-refractivity contribution in [1.29, 1.82) is 0 Å². The molecular formula is C35H38F4N6O4. The summed E-state index contributed by atoms with van der Waals surface area (Å²) in [6, 6.07) is 10.2. The van der Waals surface area contributed by atoms with Crippen molar-refractivity contribution in [3.63, 3.8) is 0 Å². The fourth-order valence-electron chi connectivity index (χ4n) is 6.51. The van der Waals surface area contributed by atoms with Gasteiger partial charge in [0.15, 0.2) is 11.6 Å². The van der Waals surface area contributed by atoms with Crippen LogP contribution in [0.2, 0.25) is 0 Å². The number of alkyl halides is 3. The lowest BCUT2D eigenvalue weighted by molar-refractivity contribution is -0.192. The quantitative estimate of drug-likeness (QED) is 0.180. The first kappa shape index (κ1) is 35.5. The summed E-state index contributed by atoms with van der Waals surface area (Å²) < 4.78 is 45.5. The van der Waals surface area contributed by atoms with Crippen molar-refractivity contribution < 1.29 is 37.1 Å². The molecule has 6 N–H and O–H groups in total. The zero-order chi connectivity index (χ0) is 35.6. The number of nitrogens with zero attached hydrogens (tertiary/aromatic N) is 2. The van der Waals surface area contributed by atoms with Crippen LogP contribution in [0.4, 0.5) is 23.4 Å². The van der Waals surface area contributed by atoms with Gasteiger partial charge in [-0.1, -0.05) is 51.0 Å². The third-order valence-electron chi connectivity index (χ3n) is 9.23. The number of nitrogens with one attached hydrogen (secondary N) is 3. The lowest BCUT2D eigenvalue weighted by Gasteiger charge is -2.39. The maximum atomic E-state index is 13.8. The predicted octanol–water partition coefficient (Wildman–Crippen LogP) is 6.36. The van der Waals surface area contributed by atoms with Crippen LogP contribution in [-0.4, -0.2) is 57.2 Å². The number of aromatic amines is 1. The highest BCUT2D eigenvalue weighted by atomic mass is 19.4. The number of amides is 1. The Morgan fingerprint density at radius 1 is 1.12 bits per heavy atom. The largest absolute Gasteiger partial charge is 0.490 e. The van der Waals surface area contributed by atoms with Crippen LogP contribution >= 0.6 is 0 Å². The number of aliphatic carboxylic acids is 1. The fraction of sp³-hybridized carbons (Fsp3) is 0.400. The van der Waals surface area contributed by atoms with E-state index in [1.165, 1.54) is 12.1 Å². The van der Waals surface area contributed by atoms with Gasteiger partial charge in [-0.05, 0) is 66.5 Å². The van der Waals surface area contributed by atoms with Crippen molar-refractivity contribution in [2.75, 3.05) is 18.4 Å². The summed E-state index contributed by atoms with van der Waals surface area (Å²) in [6.45, 7) is 4.82. The number of hydrogen-bond acceptors (Lipinski definition) is 7. The van der Waals surface area contributed by atoms with E-state index in [0.717, 1.165) is 48.9 Å². The summed E-state index contributed by atoms with van der Waals surface area (Å²) in [4.78, 5) is 40.7. The van der Waals surface area contributed by atoms with Gasteiger partial charge >= 0.3 is 12.1 Å². The standard InChI is InChI=1S/C33H37FN6O2.C2HF3O2/c1-32(2,18-35)19-37-31(42)29-28-24(11-10-23-9-8-21(17-36-23)20-6-5-7-22(34)14-20)27-25(38-30(28)40-39-29)15-33(16-26(27)41)12-3-4-13-33;3-2(4,5)1(6)7/h5-11,14,17,24H,3-4,12-13,15-16,18-19,35H2,1-2H3,(H,37,42)(H2,38,39,40);(H,6,7)/b11-10+;. The van der Waals surface area contributed by atoms with E-state index in [2.05, 4.69) is 25.8 Å². The normalized spacial score (nSPS) is 18.4. The Balaban J connectivity index is 0.000000606. The van der Waals surface area contributed by atoms with Gasteiger partial charge in [-0.25, -0.2) is 9.18 Å². The molecule has 3 aliphatic rings. The average Bonchev–Trinajstić information content (AvgIpc) is 3.69. The summed E-state index contributed by atoms with van der Waals surface area (Å²) in [5.41, 5.74) is 10.4. The zero-order valence-electron chi connectivity index (χ0n) is 27.1. The number of fused-ring (bicyclic) bond motifs is 1. The molecule has 14 heteroatoms. The monoisotopic (exact) mass is 682 g/mol. The third kappa shape index (κ3) is 8.07. The van der Waals surface area contributed by atoms with Gasteiger partial charge in [0.05, 0.1) is 5.69 Å². The molecule has 260 valence electrons. The first-order chi connectivity index (χ1) is 23.1. The van der Waals surface area contributed by atoms with Crippen molar-refractivity contribution in [2.45, 2.75) is 64.5 Å². The molecule has 1 saturated carbocycles. The highest BCUT2D eigenvalue weighted by molar-refractivity contribution is 6.03. The summed E-state index contributed by atoms with van der Waals surface area (Å²) in [7, 11) is 0. The average molecular weight is 683 g/mol. The van der Waals surface area contributed by atoms with Gasteiger partial charge in [0.25, 0.3) is 5.91 Å². The molecule has 1 spiro atoms. The molecule has 2 aliphatic carbocycles. The van der Waals surface area contributed by atoms with E-state index in [0.29, 0.717) is 47.9 Å². The maximum absolute atomic E-state index is 13.8. The highest BCUT2D eigenvalue weighted by Gasteiger charge is 2.46. The Kier molecular flexibility index (Phi) is 10.1. The number of halogens is 4. The van der Waals surface area contributed by atoms with E-state index in [4.69, 9.17) is 15.6 Å². The molecule has 2 aromatic heterocycles. The minimum atomic E-state index is -5.08. The third-order valence-corrected chi connectivity index (χ3v) is 9.23. The number of rotatable bonds is 7. The van der Waals surface area contributed by atoms with E-state index in [-0.39, 0.29) is 28.3 Å². The topological polar surface area (TPSA) is 163 Å². The van der Waals surface area contributed by atoms with Crippen molar-refractivity contribution >= 4 is 29.6 Å². The molecule has 49 heavy (non-hydrogen) atoms. The number of ketones is 1. The summed E-state index contributed by atoms with van der Waals surface area (Å²) in [6.07, 6.45) is 6.17. The maximum Gasteiger partial charge on any atom is 0.490 e. The number of carbonyl (C=O) groups is 3. The van der Waals surface area contributed by atoms with Crippen LogP contribution in [0.1, 0.15) is 80.0 Å². The van der Waals surface area contributed by atoms with Gasteiger partial charge in [-0.2, -0.15) is 18.3 Å². The second-order valence-electron chi connectivity index (χ2n) is 13.5. The molecule has 1 aliphatic heterocycles. The number of nitrogens with two attached hydrogens (primary N) is 1. The molecule has 3 heterocycles. The van der Waals surface area contributed by atoms with Crippen LogP contribution in [0.3, 0.4) is 0 Å². The number of allylic oxidation sites excluding steroid dienone is 3. The molecule has 0 radical (unpaired) electrons. The second kappa shape index (κ2) is 13.9. The predicted molar refractivity (Wildman–Crippen MR) is 175 cm³/mol. The van der Waals surface area contributed by atoms with Crippen LogP contribution in [0.15, 0.2) is 59.9 Å². The molecule has 3 aromatic rings. The SMILES string of the molecule is CC(C)(CN)CNC(=O)c1[nH]nc2c1C(/C=C/c1ccc(-c3cccc(F)c3)cn1)C1=C(CC3(CCCC3)CC1=O)N2.O=C(O)C(F)(F)F. The van der Waals surface area contributed by atoms with Crippen LogP contribution in [-0.2, 0) is 9.59 Å². The Labute approximate surface area is 280 Å². The number of anilines is 1. The number of hydrogen-bond donors (Lipinski definition) is 5. The van der Waals surface area contributed by atoms with E-state index >= 15 is 0 Å². The molecular weight excluding hydrogens is 644 g/mol. The lowest BCUT2D eigenvalue weighted by Crippen LogP contribution is -2.39. The molecule has 1 unspecified atom stereocenters. The lowest BCUT2D eigenvalue weighted by atomic mass is 9.67. The summed E-state index contributed by atoms with van der Waals surface area (Å²) in [5.74, 6) is -3.12. The minimum absolute atomic E-state index is 0.00724. The van der Waals surface area contributed by atoms with Gasteiger partial charge in [0.1, 0.15) is 11.5 Å². The smallest absolute Gasteiger partial charge is 0.475 e. The molecule has 1 atom stereocenters. The van der Waals surface area contributed by atoms with Gasteiger partial charge < -0.3 is 21.5 Å². The van der Waals surface area contributed by atoms with Gasteiger partial charge in [-0.15, -0.1) is 0 Å².